The van der Waals surface area contributed by atoms with Gasteiger partial charge in [0.15, 0.2) is 0 Å². The van der Waals surface area contributed by atoms with E-state index in [4.69, 9.17) is 0 Å². The molecule has 0 amide bonds. The van der Waals surface area contributed by atoms with Crippen molar-refractivity contribution >= 4 is 0 Å². The van der Waals surface area contributed by atoms with Crippen molar-refractivity contribution in [3.8, 4) is 5.69 Å². The highest BCUT2D eigenvalue weighted by molar-refractivity contribution is 5.32. The van der Waals surface area contributed by atoms with Gasteiger partial charge in [0.1, 0.15) is 0 Å². The first-order valence-corrected chi connectivity index (χ1v) is 12.3. The topological polar surface area (TPSA) is 37.2 Å². The van der Waals surface area contributed by atoms with Gasteiger partial charge in [0.2, 0.25) is 0 Å². The number of pyridine rings is 2. The van der Waals surface area contributed by atoms with E-state index in [0.29, 0.717) is 0 Å². The van der Waals surface area contributed by atoms with Crippen LogP contribution in [-0.4, -0.2) is 50.0 Å². The largest absolute Gasteiger partial charge is 0.318 e. The Hall–Kier alpha value is -2.50. The van der Waals surface area contributed by atoms with Crippen LogP contribution in [0, 0.1) is 5.92 Å². The van der Waals surface area contributed by atoms with Crippen LogP contribution in [0.25, 0.3) is 5.69 Å². The molecule has 0 radical (unpaired) electrons. The smallest absolute Gasteiger partial charge is 0.0636 e. The average Bonchev–Trinajstić information content (AvgIpc) is 3.53. The van der Waals surface area contributed by atoms with E-state index in [-0.39, 0.29) is 0 Å². The van der Waals surface area contributed by atoms with Gasteiger partial charge in [-0.1, -0.05) is 18.9 Å². The summed E-state index contributed by atoms with van der Waals surface area (Å²) in [5.41, 5.74) is 3.72. The third-order valence-corrected chi connectivity index (χ3v) is 7.28. The molecule has 0 unspecified atom stereocenters. The van der Waals surface area contributed by atoms with Crippen molar-refractivity contribution in [3.63, 3.8) is 0 Å². The summed E-state index contributed by atoms with van der Waals surface area (Å²) in [4.78, 5) is 14.1. The molecule has 1 aliphatic heterocycles. The van der Waals surface area contributed by atoms with Crippen LogP contribution in [0.15, 0.2) is 67.4 Å². The Balaban J connectivity index is 1.27. The van der Waals surface area contributed by atoms with E-state index in [2.05, 4.69) is 54.8 Å². The Bertz CT molecular complexity index is 940. The van der Waals surface area contributed by atoms with E-state index in [0.717, 1.165) is 37.3 Å². The highest BCUT2D eigenvalue weighted by Crippen LogP contribution is 2.28. The van der Waals surface area contributed by atoms with Gasteiger partial charge in [-0.15, -0.1) is 0 Å². The molecule has 5 rings (SSSR count). The summed E-state index contributed by atoms with van der Waals surface area (Å²) in [5, 5.41) is 0. The molecule has 0 bridgehead atoms. The standard InChI is InChI=1S/C27H35N5/c1-2-8-25(7-1)31-16-11-23(12-17-31)20-30(21-24-6-3-13-28-18-24)22-27-10-5-15-32(27)26-9-4-14-29-19-26/h3-6,9-10,13-15,18-19,23,25H,1-2,7-8,11-12,16-17,20-22H2. The van der Waals surface area contributed by atoms with Gasteiger partial charge in [0.05, 0.1) is 11.9 Å². The fourth-order valence-corrected chi connectivity index (χ4v) is 5.59. The molecule has 2 aliphatic rings. The predicted molar refractivity (Wildman–Crippen MR) is 128 cm³/mol. The molecular formula is C27H35N5. The maximum atomic E-state index is 4.35. The Morgan fingerprint density at radius 2 is 1.62 bits per heavy atom. The minimum Gasteiger partial charge on any atom is -0.318 e. The molecule has 1 saturated carbocycles. The van der Waals surface area contributed by atoms with Crippen LogP contribution >= 0.6 is 0 Å². The lowest BCUT2D eigenvalue weighted by Gasteiger charge is -2.38. The molecule has 32 heavy (non-hydrogen) atoms. The molecule has 1 saturated heterocycles. The van der Waals surface area contributed by atoms with Gasteiger partial charge in [-0.05, 0) is 80.6 Å². The third kappa shape index (κ3) is 5.28. The summed E-state index contributed by atoms with van der Waals surface area (Å²) in [7, 11) is 0. The first-order chi connectivity index (χ1) is 15.8. The van der Waals surface area contributed by atoms with Gasteiger partial charge in [0, 0.05) is 56.2 Å². The van der Waals surface area contributed by atoms with Gasteiger partial charge in [-0.3, -0.25) is 14.9 Å². The molecule has 0 spiro atoms. The normalized spacial score (nSPS) is 18.5. The predicted octanol–water partition coefficient (Wildman–Crippen LogP) is 4.92. The van der Waals surface area contributed by atoms with Crippen molar-refractivity contribution in [3.05, 3.63) is 78.6 Å². The lowest BCUT2D eigenvalue weighted by molar-refractivity contribution is 0.106. The molecular weight excluding hydrogens is 394 g/mol. The summed E-state index contributed by atoms with van der Waals surface area (Å²) < 4.78 is 2.27. The maximum Gasteiger partial charge on any atom is 0.0636 e. The number of hydrogen-bond acceptors (Lipinski definition) is 4. The SMILES string of the molecule is c1cncc(CN(Cc2cccn2-c2cccnc2)CC2CCN(C3CCCC3)CC2)c1. The van der Waals surface area contributed by atoms with Crippen LogP contribution in [0.1, 0.15) is 49.8 Å². The Morgan fingerprint density at radius 1 is 0.844 bits per heavy atom. The van der Waals surface area contributed by atoms with E-state index in [1.54, 1.807) is 0 Å². The van der Waals surface area contributed by atoms with E-state index in [9.17, 15) is 0 Å². The molecule has 0 N–H and O–H groups in total. The number of piperidine rings is 1. The van der Waals surface area contributed by atoms with E-state index in [1.807, 2.05) is 36.9 Å². The van der Waals surface area contributed by atoms with Gasteiger partial charge < -0.3 is 9.47 Å². The maximum absolute atomic E-state index is 4.35. The van der Waals surface area contributed by atoms with E-state index in [1.165, 1.54) is 62.9 Å². The van der Waals surface area contributed by atoms with Crippen LogP contribution < -0.4 is 0 Å². The lowest BCUT2D eigenvalue weighted by atomic mass is 9.94. The number of hydrogen-bond donors (Lipinski definition) is 0. The zero-order valence-electron chi connectivity index (χ0n) is 19.0. The molecule has 4 heterocycles. The van der Waals surface area contributed by atoms with Crippen LogP contribution in [0.2, 0.25) is 0 Å². The minimum atomic E-state index is 0.770. The Kier molecular flexibility index (Phi) is 6.95. The van der Waals surface area contributed by atoms with Crippen molar-refractivity contribution in [2.75, 3.05) is 19.6 Å². The molecule has 3 aromatic rings. The summed E-state index contributed by atoms with van der Waals surface area (Å²) >= 11 is 0. The van der Waals surface area contributed by atoms with Crippen molar-refractivity contribution in [1.82, 2.24) is 24.3 Å². The van der Waals surface area contributed by atoms with Gasteiger partial charge >= 0.3 is 0 Å². The number of aromatic nitrogens is 3. The summed E-state index contributed by atoms with van der Waals surface area (Å²) in [5.74, 6) is 0.770. The minimum absolute atomic E-state index is 0.770. The summed E-state index contributed by atoms with van der Waals surface area (Å²) in [6.45, 7) is 5.57. The number of rotatable bonds is 8. The van der Waals surface area contributed by atoms with Crippen LogP contribution in [0.4, 0.5) is 0 Å². The summed E-state index contributed by atoms with van der Waals surface area (Å²) in [6.07, 6.45) is 18.1. The molecule has 0 atom stereocenters. The molecule has 5 heteroatoms. The second-order valence-corrected chi connectivity index (χ2v) is 9.53. The van der Waals surface area contributed by atoms with Crippen molar-refractivity contribution in [2.45, 2.75) is 57.7 Å². The fraction of sp³-hybridized carbons (Fsp3) is 0.481. The first-order valence-electron chi connectivity index (χ1n) is 12.3. The number of likely N-dealkylation sites (tertiary alicyclic amines) is 1. The fourth-order valence-electron chi connectivity index (χ4n) is 5.59. The van der Waals surface area contributed by atoms with Gasteiger partial charge in [-0.2, -0.15) is 0 Å². The summed E-state index contributed by atoms with van der Waals surface area (Å²) in [6, 6.07) is 13.6. The second-order valence-electron chi connectivity index (χ2n) is 9.53. The van der Waals surface area contributed by atoms with Crippen molar-refractivity contribution in [1.29, 1.82) is 0 Å². The van der Waals surface area contributed by atoms with Crippen LogP contribution in [0.5, 0.6) is 0 Å². The van der Waals surface area contributed by atoms with Crippen molar-refractivity contribution in [2.24, 2.45) is 5.92 Å². The lowest BCUT2D eigenvalue weighted by Crippen LogP contribution is -2.42. The highest BCUT2D eigenvalue weighted by atomic mass is 15.2. The zero-order valence-corrected chi connectivity index (χ0v) is 19.0. The van der Waals surface area contributed by atoms with Crippen molar-refractivity contribution < 1.29 is 0 Å². The quantitative estimate of drug-likeness (QED) is 0.509. The zero-order chi connectivity index (χ0) is 21.6. The highest BCUT2D eigenvalue weighted by Gasteiger charge is 2.28. The average molecular weight is 430 g/mol. The Labute approximate surface area is 192 Å². The number of nitrogens with zero attached hydrogens (tertiary/aromatic N) is 5. The van der Waals surface area contributed by atoms with E-state index < -0.39 is 0 Å². The van der Waals surface area contributed by atoms with Crippen LogP contribution in [-0.2, 0) is 13.1 Å². The van der Waals surface area contributed by atoms with E-state index >= 15 is 0 Å². The molecule has 0 aromatic carbocycles. The molecule has 3 aromatic heterocycles. The molecule has 2 fully saturated rings. The second kappa shape index (κ2) is 10.4. The molecule has 168 valence electrons. The van der Waals surface area contributed by atoms with Gasteiger partial charge in [0.25, 0.3) is 0 Å². The van der Waals surface area contributed by atoms with Crippen LogP contribution in [0.3, 0.4) is 0 Å². The van der Waals surface area contributed by atoms with Gasteiger partial charge in [-0.25, -0.2) is 0 Å². The first kappa shape index (κ1) is 21.4. The Morgan fingerprint density at radius 3 is 2.34 bits per heavy atom. The monoisotopic (exact) mass is 429 g/mol. The molecule has 5 nitrogen and oxygen atoms in total. The third-order valence-electron chi connectivity index (χ3n) is 7.28. The molecule has 1 aliphatic carbocycles.